The van der Waals surface area contributed by atoms with Gasteiger partial charge < -0.3 is 36.9 Å². The Morgan fingerprint density at radius 3 is 2.16 bits per heavy atom. The molecule has 0 aliphatic carbocycles. The SMILES string of the molecule is CSCCC(NC(=O)C(Cc1cnc[nH]1)NC(=O)C(Cc1ccc(O)cc1)NC(=O)C(N)CS)C(=O)O. The van der Waals surface area contributed by atoms with Gasteiger partial charge in [-0.1, -0.05) is 12.1 Å². The van der Waals surface area contributed by atoms with E-state index in [1.807, 2.05) is 6.26 Å². The number of phenols is 1. The molecule has 14 heteroatoms. The lowest BCUT2D eigenvalue weighted by Gasteiger charge is -2.25. The van der Waals surface area contributed by atoms with Crippen molar-refractivity contribution in [2.75, 3.05) is 17.8 Å². The van der Waals surface area contributed by atoms with E-state index >= 15 is 0 Å². The van der Waals surface area contributed by atoms with Gasteiger partial charge in [-0.15, -0.1) is 0 Å². The monoisotopic (exact) mass is 552 g/mol. The van der Waals surface area contributed by atoms with Crippen LogP contribution in [0.15, 0.2) is 36.8 Å². The molecule has 12 nitrogen and oxygen atoms in total. The van der Waals surface area contributed by atoms with Gasteiger partial charge in [0, 0.05) is 30.5 Å². The number of imidazole rings is 1. The predicted octanol–water partition coefficient (Wildman–Crippen LogP) is -0.550. The molecule has 1 aromatic carbocycles. The van der Waals surface area contributed by atoms with Crippen LogP contribution < -0.4 is 21.7 Å². The lowest BCUT2D eigenvalue weighted by Crippen LogP contribution is -2.58. The summed E-state index contributed by atoms with van der Waals surface area (Å²) in [5.74, 6) is -2.56. The Hall–Kier alpha value is -3.23. The van der Waals surface area contributed by atoms with E-state index in [0.29, 0.717) is 17.0 Å². The second-order valence-corrected chi connectivity index (χ2v) is 9.59. The molecule has 4 unspecified atom stereocenters. The highest BCUT2D eigenvalue weighted by atomic mass is 32.2. The molecule has 37 heavy (non-hydrogen) atoms. The summed E-state index contributed by atoms with van der Waals surface area (Å²) >= 11 is 5.46. The van der Waals surface area contributed by atoms with Crippen LogP contribution in [0.2, 0.25) is 0 Å². The second-order valence-electron chi connectivity index (χ2n) is 8.24. The lowest BCUT2D eigenvalue weighted by atomic mass is 10.0. The minimum atomic E-state index is -1.19. The maximum Gasteiger partial charge on any atom is 0.326 e. The quantitative estimate of drug-likeness (QED) is 0.134. The van der Waals surface area contributed by atoms with E-state index in [2.05, 4.69) is 38.5 Å². The number of hydrogen-bond acceptors (Lipinski definition) is 9. The molecule has 202 valence electrons. The van der Waals surface area contributed by atoms with E-state index in [-0.39, 0.29) is 30.8 Å². The Morgan fingerprint density at radius 1 is 1.03 bits per heavy atom. The van der Waals surface area contributed by atoms with E-state index in [1.54, 1.807) is 12.1 Å². The number of benzene rings is 1. The summed E-state index contributed by atoms with van der Waals surface area (Å²) in [6.45, 7) is 0. The fourth-order valence-electron chi connectivity index (χ4n) is 3.30. The first-order valence-electron chi connectivity index (χ1n) is 11.4. The number of nitrogens with zero attached hydrogens (tertiary/aromatic N) is 1. The van der Waals surface area contributed by atoms with Crippen molar-refractivity contribution in [1.82, 2.24) is 25.9 Å². The van der Waals surface area contributed by atoms with Crippen LogP contribution in [0.4, 0.5) is 0 Å². The van der Waals surface area contributed by atoms with Crippen molar-refractivity contribution >= 4 is 48.1 Å². The van der Waals surface area contributed by atoms with Crippen LogP contribution >= 0.6 is 24.4 Å². The first-order chi connectivity index (χ1) is 17.6. The van der Waals surface area contributed by atoms with Gasteiger partial charge in [0.1, 0.15) is 23.9 Å². The van der Waals surface area contributed by atoms with Crippen molar-refractivity contribution < 1.29 is 29.4 Å². The van der Waals surface area contributed by atoms with Crippen LogP contribution in [0.25, 0.3) is 0 Å². The summed E-state index contributed by atoms with van der Waals surface area (Å²) in [6, 6.07) is 1.70. The van der Waals surface area contributed by atoms with Gasteiger partial charge in [0.2, 0.25) is 17.7 Å². The molecule has 0 bridgehead atoms. The van der Waals surface area contributed by atoms with Gasteiger partial charge in [0.25, 0.3) is 0 Å². The molecule has 0 aliphatic rings. The van der Waals surface area contributed by atoms with Gasteiger partial charge in [-0.25, -0.2) is 9.78 Å². The molecule has 0 radical (unpaired) electrons. The molecule has 1 aromatic heterocycles. The van der Waals surface area contributed by atoms with Crippen LogP contribution in [-0.2, 0) is 32.0 Å². The summed E-state index contributed by atoms with van der Waals surface area (Å²) in [4.78, 5) is 57.3. The fraction of sp³-hybridized carbons (Fsp3) is 0.435. The second kappa shape index (κ2) is 15.1. The highest BCUT2D eigenvalue weighted by Crippen LogP contribution is 2.12. The average Bonchev–Trinajstić information content (AvgIpc) is 3.39. The normalized spacial score (nSPS) is 14.1. The van der Waals surface area contributed by atoms with Crippen molar-refractivity contribution in [3.05, 3.63) is 48.0 Å². The Morgan fingerprint density at radius 2 is 1.62 bits per heavy atom. The van der Waals surface area contributed by atoms with Gasteiger partial charge in [0.05, 0.1) is 12.4 Å². The molecule has 0 aliphatic heterocycles. The van der Waals surface area contributed by atoms with Gasteiger partial charge in [-0.05, 0) is 36.1 Å². The maximum atomic E-state index is 13.3. The van der Waals surface area contributed by atoms with Crippen LogP contribution in [0.3, 0.4) is 0 Å². The molecular weight excluding hydrogens is 520 g/mol. The van der Waals surface area contributed by atoms with Crippen molar-refractivity contribution in [2.45, 2.75) is 43.4 Å². The summed E-state index contributed by atoms with van der Waals surface area (Å²) in [7, 11) is 0. The Kier molecular flexibility index (Phi) is 12.3. The van der Waals surface area contributed by atoms with Crippen molar-refractivity contribution in [3.63, 3.8) is 0 Å². The number of carboxylic acids is 1. The topological polar surface area (TPSA) is 200 Å². The van der Waals surface area contributed by atoms with E-state index in [0.717, 1.165) is 0 Å². The number of carbonyl (C=O) groups is 4. The molecule has 1 heterocycles. The van der Waals surface area contributed by atoms with Crippen LogP contribution in [0.5, 0.6) is 5.75 Å². The summed E-state index contributed by atoms with van der Waals surface area (Å²) in [5, 5.41) is 26.8. The number of aliphatic carboxylic acids is 1. The van der Waals surface area contributed by atoms with E-state index in [4.69, 9.17) is 5.73 Å². The van der Waals surface area contributed by atoms with E-state index < -0.39 is 47.9 Å². The number of nitrogens with two attached hydrogens (primary N) is 1. The number of aromatic amines is 1. The van der Waals surface area contributed by atoms with Gasteiger partial charge >= 0.3 is 5.97 Å². The summed E-state index contributed by atoms with van der Waals surface area (Å²) < 4.78 is 0. The smallest absolute Gasteiger partial charge is 0.326 e. The highest BCUT2D eigenvalue weighted by Gasteiger charge is 2.30. The van der Waals surface area contributed by atoms with Crippen molar-refractivity contribution in [3.8, 4) is 5.75 Å². The Labute approximate surface area is 224 Å². The molecular formula is C23H32N6O6S2. The number of hydrogen-bond donors (Lipinski definition) is 8. The number of H-pyrrole nitrogens is 1. The molecule has 0 fully saturated rings. The van der Waals surface area contributed by atoms with Crippen LogP contribution in [0, 0.1) is 0 Å². The zero-order valence-corrected chi connectivity index (χ0v) is 21.9. The highest BCUT2D eigenvalue weighted by molar-refractivity contribution is 7.98. The van der Waals surface area contributed by atoms with Crippen molar-refractivity contribution in [2.24, 2.45) is 5.73 Å². The molecule has 8 N–H and O–H groups in total. The zero-order chi connectivity index (χ0) is 27.4. The minimum absolute atomic E-state index is 0.00245. The maximum absolute atomic E-state index is 13.3. The first-order valence-corrected chi connectivity index (χ1v) is 13.4. The van der Waals surface area contributed by atoms with E-state index in [9.17, 15) is 29.4 Å². The van der Waals surface area contributed by atoms with Crippen molar-refractivity contribution in [1.29, 1.82) is 0 Å². The van der Waals surface area contributed by atoms with Gasteiger partial charge in [-0.2, -0.15) is 24.4 Å². The summed E-state index contributed by atoms with van der Waals surface area (Å²) in [5.41, 5.74) is 6.92. The van der Waals surface area contributed by atoms with E-state index in [1.165, 1.54) is 36.4 Å². The number of amides is 3. The first kappa shape index (κ1) is 30.0. The minimum Gasteiger partial charge on any atom is -0.508 e. The summed E-state index contributed by atoms with van der Waals surface area (Å²) in [6.07, 6.45) is 4.97. The van der Waals surface area contributed by atoms with Gasteiger partial charge in [0.15, 0.2) is 0 Å². The largest absolute Gasteiger partial charge is 0.508 e. The van der Waals surface area contributed by atoms with Gasteiger partial charge in [-0.3, -0.25) is 14.4 Å². The molecule has 0 saturated carbocycles. The number of aromatic nitrogens is 2. The number of aromatic hydroxyl groups is 1. The molecule has 0 spiro atoms. The lowest BCUT2D eigenvalue weighted by molar-refractivity contribution is -0.142. The standard InChI is InChI=1S/C23H32N6O6S2/c1-37-7-6-17(23(34)35)27-22(33)19(9-14-10-25-12-26-14)29-21(32)18(28-20(31)16(24)11-36)8-13-2-4-15(30)5-3-13/h2-5,10,12,16-19,30,36H,6-9,11,24H2,1H3,(H,25,26)(H,27,33)(H,28,31)(H,29,32)(H,34,35). The molecule has 2 rings (SSSR count). The molecule has 3 amide bonds. The number of phenolic OH excluding ortho intramolecular Hbond substituents is 1. The number of thioether (sulfide) groups is 1. The molecule has 2 aromatic rings. The number of thiol groups is 1. The zero-order valence-electron chi connectivity index (χ0n) is 20.2. The Bertz CT molecular complexity index is 1040. The van der Waals surface area contributed by atoms with Crippen LogP contribution in [0.1, 0.15) is 17.7 Å². The third kappa shape index (κ3) is 9.98. The molecule has 0 saturated heterocycles. The Balaban J connectivity index is 2.26. The number of nitrogens with one attached hydrogen (secondary N) is 4. The average molecular weight is 553 g/mol. The number of carboxylic acid groups (broad SMARTS) is 1. The third-order valence-electron chi connectivity index (χ3n) is 5.38. The predicted molar refractivity (Wildman–Crippen MR) is 142 cm³/mol. The number of carbonyl (C=O) groups excluding carboxylic acids is 3. The third-order valence-corrected chi connectivity index (χ3v) is 6.42. The van der Waals surface area contributed by atoms with Crippen LogP contribution in [-0.4, -0.2) is 85.8 Å². The molecule has 4 atom stereocenters. The fourth-order valence-corrected chi connectivity index (χ4v) is 3.94. The number of rotatable bonds is 15.